The topological polar surface area (TPSA) is 35.6 Å². The van der Waals surface area contributed by atoms with Crippen molar-refractivity contribution in [3.05, 3.63) is 29.8 Å². The van der Waals surface area contributed by atoms with Gasteiger partial charge in [0.05, 0.1) is 0 Å². The monoisotopic (exact) mass is 247 g/mol. The summed E-state index contributed by atoms with van der Waals surface area (Å²) in [5.74, 6) is 0. The molecule has 0 bridgehead atoms. The average molecular weight is 247 g/mol. The highest BCUT2D eigenvalue weighted by molar-refractivity contribution is 5.90. The van der Waals surface area contributed by atoms with E-state index < -0.39 is 0 Å². The van der Waals surface area contributed by atoms with Crippen LogP contribution >= 0.6 is 0 Å². The lowest BCUT2D eigenvalue weighted by molar-refractivity contribution is 0.164. The Labute approximate surface area is 109 Å². The summed E-state index contributed by atoms with van der Waals surface area (Å²) in [6.07, 6.45) is 0.930. The normalized spacial score (nSPS) is 16.7. The van der Waals surface area contributed by atoms with Gasteiger partial charge < -0.3 is 15.1 Å². The first-order chi connectivity index (χ1) is 8.70. The van der Waals surface area contributed by atoms with E-state index in [9.17, 15) is 4.79 Å². The Kier molecular flexibility index (Phi) is 4.20. The molecule has 1 heterocycles. The fourth-order valence-electron chi connectivity index (χ4n) is 2.15. The van der Waals surface area contributed by atoms with Crippen molar-refractivity contribution in [1.82, 2.24) is 9.80 Å². The second-order valence-electron chi connectivity index (χ2n) is 4.73. The Morgan fingerprint density at radius 2 is 1.89 bits per heavy atom. The van der Waals surface area contributed by atoms with Crippen molar-refractivity contribution in [2.24, 2.45) is 0 Å². The molecule has 2 amide bonds. The second-order valence-corrected chi connectivity index (χ2v) is 4.73. The lowest BCUT2D eigenvalue weighted by Gasteiger charge is -2.32. The van der Waals surface area contributed by atoms with Gasteiger partial charge in [0.25, 0.3) is 0 Å². The van der Waals surface area contributed by atoms with E-state index in [4.69, 9.17) is 0 Å². The fraction of sp³-hybridized carbons (Fsp3) is 0.500. The van der Waals surface area contributed by atoms with Gasteiger partial charge in [-0.25, -0.2) is 4.79 Å². The van der Waals surface area contributed by atoms with E-state index in [0.29, 0.717) is 0 Å². The van der Waals surface area contributed by atoms with Gasteiger partial charge in [-0.15, -0.1) is 0 Å². The van der Waals surface area contributed by atoms with Gasteiger partial charge in [0.2, 0.25) is 0 Å². The van der Waals surface area contributed by atoms with E-state index in [0.717, 1.165) is 38.3 Å². The van der Waals surface area contributed by atoms with Gasteiger partial charge in [0.15, 0.2) is 0 Å². The first kappa shape index (κ1) is 12.9. The Bertz CT molecular complexity index is 411. The van der Waals surface area contributed by atoms with E-state index in [2.05, 4.69) is 30.3 Å². The maximum absolute atomic E-state index is 12.1. The summed E-state index contributed by atoms with van der Waals surface area (Å²) in [5, 5.41) is 3.01. The third-order valence-corrected chi connectivity index (χ3v) is 3.43. The quantitative estimate of drug-likeness (QED) is 0.868. The van der Waals surface area contributed by atoms with Crippen LogP contribution in [0.2, 0.25) is 0 Å². The molecule has 4 heteroatoms. The van der Waals surface area contributed by atoms with E-state index in [-0.39, 0.29) is 6.03 Å². The zero-order chi connectivity index (χ0) is 13.0. The summed E-state index contributed by atoms with van der Waals surface area (Å²) in [4.78, 5) is 16.3. The molecule has 0 saturated carbocycles. The highest BCUT2D eigenvalue weighted by Crippen LogP contribution is 2.16. The summed E-state index contributed by atoms with van der Waals surface area (Å²) in [7, 11) is 2.08. The van der Waals surface area contributed by atoms with Crippen molar-refractivity contribution in [2.45, 2.75) is 13.3 Å². The third-order valence-electron chi connectivity index (χ3n) is 3.43. The van der Waals surface area contributed by atoms with Crippen molar-refractivity contribution in [3.8, 4) is 0 Å². The fourth-order valence-corrected chi connectivity index (χ4v) is 2.15. The molecule has 1 aromatic rings. The Hall–Kier alpha value is -1.55. The number of likely N-dealkylation sites (N-methyl/N-ethyl adjacent to an activating group) is 1. The lowest BCUT2D eigenvalue weighted by Crippen LogP contribution is -2.48. The predicted molar refractivity (Wildman–Crippen MR) is 73.9 cm³/mol. The minimum atomic E-state index is 0.0176. The molecule has 0 radical (unpaired) electrons. The number of nitrogens with zero attached hydrogens (tertiary/aromatic N) is 2. The number of hydrogen-bond donors (Lipinski definition) is 1. The molecule has 0 aromatic heterocycles. The Balaban J connectivity index is 1.98. The number of para-hydroxylation sites is 1. The predicted octanol–water partition coefficient (Wildman–Crippen LogP) is 2.03. The largest absolute Gasteiger partial charge is 0.322 e. The number of nitrogens with one attached hydrogen (secondary N) is 1. The molecule has 1 fully saturated rings. The molecule has 0 atom stereocenters. The van der Waals surface area contributed by atoms with Crippen LogP contribution in [0.15, 0.2) is 24.3 Å². The van der Waals surface area contributed by atoms with E-state index >= 15 is 0 Å². The summed E-state index contributed by atoms with van der Waals surface area (Å²) < 4.78 is 0. The van der Waals surface area contributed by atoms with Crippen LogP contribution in [0.3, 0.4) is 0 Å². The number of carbonyl (C=O) groups is 1. The smallest absolute Gasteiger partial charge is 0.321 e. The van der Waals surface area contributed by atoms with Gasteiger partial charge in [-0.3, -0.25) is 0 Å². The number of benzene rings is 1. The number of urea groups is 1. The SMILES string of the molecule is CCc1ccccc1NC(=O)N1CCN(C)CC1. The van der Waals surface area contributed by atoms with Crippen molar-refractivity contribution >= 4 is 11.7 Å². The van der Waals surface area contributed by atoms with Crippen LogP contribution in [0.5, 0.6) is 0 Å². The standard InChI is InChI=1S/C14H21N3O/c1-3-12-6-4-5-7-13(12)15-14(18)17-10-8-16(2)9-11-17/h4-7H,3,8-11H2,1-2H3,(H,15,18). The highest BCUT2D eigenvalue weighted by Gasteiger charge is 2.19. The average Bonchev–Trinajstić information content (AvgIpc) is 2.40. The third kappa shape index (κ3) is 3.01. The molecule has 18 heavy (non-hydrogen) atoms. The van der Waals surface area contributed by atoms with E-state index in [1.807, 2.05) is 23.1 Å². The van der Waals surface area contributed by atoms with E-state index in [1.54, 1.807) is 0 Å². The van der Waals surface area contributed by atoms with E-state index in [1.165, 1.54) is 5.56 Å². The minimum Gasteiger partial charge on any atom is -0.322 e. The number of rotatable bonds is 2. The first-order valence-electron chi connectivity index (χ1n) is 6.53. The van der Waals surface area contributed by atoms with Gasteiger partial charge in [-0.2, -0.15) is 0 Å². The molecule has 98 valence electrons. The molecule has 1 N–H and O–H groups in total. The summed E-state index contributed by atoms with van der Waals surface area (Å²) in [5.41, 5.74) is 2.11. The van der Waals surface area contributed by atoms with Crippen molar-refractivity contribution in [2.75, 3.05) is 38.5 Å². The first-order valence-corrected chi connectivity index (χ1v) is 6.53. The molecule has 0 aliphatic carbocycles. The molecule has 0 spiro atoms. The number of piperazine rings is 1. The maximum atomic E-state index is 12.1. The van der Waals surface area contributed by atoms with Crippen molar-refractivity contribution in [1.29, 1.82) is 0 Å². The molecule has 2 rings (SSSR count). The highest BCUT2D eigenvalue weighted by atomic mass is 16.2. The van der Waals surface area contributed by atoms with Crippen LogP contribution in [0.25, 0.3) is 0 Å². The number of carbonyl (C=O) groups excluding carboxylic acids is 1. The molecule has 1 aromatic carbocycles. The Morgan fingerprint density at radius 1 is 1.22 bits per heavy atom. The van der Waals surface area contributed by atoms with Crippen LogP contribution in [0, 0.1) is 0 Å². The number of aryl methyl sites for hydroxylation is 1. The second kappa shape index (κ2) is 5.87. The molecular formula is C14H21N3O. The van der Waals surface area contributed by atoms with Gasteiger partial charge in [-0.1, -0.05) is 25.1 Å². The zero-order valence-electron chi connectivity index (χ0n) is 11.1. The Morgan fingerprint density at radius 3 is 2.56 bits per heavy atom. The molecule has 4 nitrogen and oxygen atoms in total. The molecule has 1 aliphatic rings. The number of amides is 2. The zero-order valence-corrected chi connectivity index (χ0v) is 11.1. The van der Waals surface area contributed by atoms with Gasteiger partial charge in [0.1, 0.15) is 0 Å². The van der Waals surface area contributed by atoms with Crippen LogP contribution < -0.4 is 5.32 Å². The maximum Gasteiger partial charge on any atom is 0.321 e. The van der Waals surface area contributed by atoms with Gasteiger partial charge >= 0.3 is 6.03 Å². The van der Waals surface area contributed by atoms with Gasteiger partial charge in [-0.05, 0) is 25.1 Å². The molecule has 1 saturated heterocycles. The van der Waals surface area contributed by atoms with Crippen LogP contribution in [-0.4, -0.2) is 49.1 Å². The summed E-state index contributed by atoms with van der Waals surface area (Å²) in [6, 6.07) is 8.00. The summed E-state index contributed by atoms with van der Waals surface area (Å²) >= 11 is 0. The molecule has 0 unspecified atom stereocenters. The summed E-state index contributed by atoms with van der Waals surface area (Å²) in [6.45, 7) is 5.60. The van der Waals surface area contributed by atoms with Crippen LogP contribution in [-0.2, 0) is 6.42 Å². The van der Waals surface area contributed by atoms with Crippen molar-refractivity contribution in [3.63, 3.8) is 0 Å². The van der Waals surface area contributed by atoms with Gasteiger partial charge in [0, 0.05) is 31.9 Å². The van der Waals surface area contributed by atoms with Crippen LogP contribution in [0.4, 0.5) is 10.5 Å². The van der Waals surface area contributed by atoms with Crippen molar-refractivity contribution < 1.29 is 4.79 Å². The lowest BCUT2D eigenvalue weighted by atomic mass is 10.1. The molecule has 1 aliphatic heterocycles. The number of hydrogen-bond acceptors (Lipinski definition) is 2. The molecular weight excluding hydrogens is 226 g/mol. The minimum absolute atomic E-state index is 0.0176. The van der Waals surface area contributed by atoms with Crippen LogP contribution in [0.1, 0.15) is 12.5 Å². The number of anilines is 1.